The van der Waals surface area contributed by atoms with Crippen LogP contribution in [0.3, 0.4) is 0 Å². The van der Waals surface area contributed by atoms with Crippen molar-refractivity contribution in [2.24, 2.45) is 0 Å². The Hall–Kier alpha value is -2.58. The maximum absolute atomic E-state index is 5.70. The molecule has 0 spiro atoms. The van der Waals surface area contributed by atoms with E-state index in [9.17, 15) is 0 Å². The molecular formula is C38H38Cl2O2Zr. The number of allylic oxidation sites excluding steroid dienone is 2. The van der Waals surface area contributed by atoms with Gasteiger partial charge in [0.05, 0.1) is 0 Å². The van der Waals surface area contributed by atoms with Gasteiger partial charge in [0.2, 0.25) is 0 Å². The van der Waals surface area contributed by atoms with Crippen LogP contribution in [0.2, 0.25) is 8.26 Å². The van der Waals surface area contributed by atoms with Gasteiger partial charge in [-0.3, -0.25) is 0 Å². The van der Waals surface area contributed by atoms with Crippen molar-refractivity contribution in [2.75, 3.05) is 14.2 Å². The average molecular weight is 689 g/mol. The molecule has 0 radical (unpaired) electrons. The molecule has 1 aliphatic heterocycles. The second kappa shape index (κ2) is 12.1. The standard InChI is InChI=1S/2C18H17O.C2H4.2ClH.Zr/c2*1-12-10-15(11-13(2)18(12)19-3)17-9-8-14-6-4-5-7-16(14)17;1-2;;;/h2*4-11H,1-3H3;1-2H2;2*1H;/q;;;;;+2/p-2. The van der Waals surface area contributed by atoms with Crippen molar-refractivity contribution < 1.29 is 54.6 Å². The smallest absolute Gasteiger partial charge is 1.00 e. The summed E-state index contributed by atoms with van der Waals surface area (Å²) in [5, 5.41) is 0. The number of ether oxygens (including phenoxy) is 2. The zero-order valence-electron chi connectivity index (χ0n) is 25.7. The normalized spacial score (nSPS) is 18.1. The molecule has 220 valence electrons. The molecule has 2 atom stereocenters. The van der Waals surface area contributed by atoms with Gasteiger partial charge in [0.15, 0.2) is 0 Å². The van der Waals surface area contributed by atoms with Crippen molar-refractivity contribution in [3.63, 3.8) is 0 Å². The first-order chi connectivity index (χ1) is 19.9. The first kappa shape index (κ1) is 31.8. The van der Waals surface area contributed by atoms with Crippen LogP contribution in [0.1, 0.15) is 62.9 Å². The molecule has 43 heavy (non-hydrogen) atoms. The second-order valence-electron chi connectivity index (χ2n) is 12.3. The Kier molecular flexibility index (Phi) is 8.94. The predicted molar refractivity (Wildman–Crippen MR) is 167 cm³/mol. The summed E-state index contributed by atoms with van der Waals surface area (Å²) in [6.07, 6.45) is 5.37. The molecule has 4 aromatic carbocycles. The van der Waals surface area contributed by atoms with Crippen molar-refractivity contribution in [2.45, 2.75) is 43.2 Å². The number of rotatable bonds is 6. The van der Waals surface area contributed by atoms with Gasteiger partial charge < -0.3 is 24.8 Å². The Balaban J connectivity index is 0.00000184. The topological polar surface area (TPSA) is 18.5 Å². The average Bonchev–Trinajstić information content (AvgIpc) is 3.51. The summed E-state index contributed by atoms with van der Waals surface area (Å²) in [5.74, 6) is 2.00. The number of halogens is 2. The van der Waals surface area contributed by atoms with Crippen LogP contribution in [0.15, 0.2) is 84.9 Å². The van der Waals surface area contributed by atoms with Crippen LogP contribution in [0.5, 0.6) is 11.5 Å². The fourth-order valence-electron chi connectivity index (χ4n) is 7.99. The van der Waals surface area contributed by atoms with Crippen LogP contribution in [0.25, 0.3) is 11.1 Å². The van der Waals surface area contributed by atoms with Crippen molar-refractivity contribution in [1.82, 2.24) is 0 Å². The van der Waals surface area contributed by atoms with E-state index in [-0.39, 0.29) is 24.8 Å². The number of methoxy groups -OCH3 is 2. The molecule has 5 heteroatoms. The zero-order chi connectivity index (χ0) is 28.5. The number of hydrogen-bond acceptors (Lipinski definition) is 2. The largest absolute Gasteiger partial charge is 1.00 e. The molecule has 0 saturated carbocycles. The molecule has 0 amide bonds. The van der Waals surface area contributed by atoms with Crippen LogP contribution in [0, 0.1) is 27.7 Å². The van der Waals surface area contributed by atoms with Gasteiger partial charge in [-0.05, 0) is 0 Å². The second-order valence-corrected chi connectivity index (χ2v) is 23.9. The summed E-state index contributed by atoms with van der Waals surface area (Å²) in [4.78, 5) is 0. The van der Waals surface area contributed by atoms with Gasteiger partial charge in [-0.25, -0.2) is 0 Å². The molecule has 1 saturated heterocycles. The van der Waals surface area contributed by atoms with Gasteiger partial charge in [-0.1, -0.05) is 0 Å². The minimum absolute atomic E-state index is 0. The molecule has 7 rings (SSSR count). The van der Waals surface area contributed by atoms with E-state index in [0.717, 1.165) is 11.5 Å². The Bertz CT molecular complexity index is 1610. The number of fused-ring (bicyclic) bond motifs is 2. The van der Waals surface area contributed by atoms with Crippen LogP contribution in [-0.2, 0) is 20.3 Å². The third-order valence-electron chi connectivity index (χ3n) is 9.86. The molecule has 0 bridgehead atoms. The van der Waals surface area contributed by atoms with E-state index >= 15 is 0 Å². The maximum Gasteiger partial charge on any atom is -1.00 e. The molecule has 4 aromatic rings. The molecule has 3 aliphatic rings. The summed E-state index contributed by atoms with van der Waals surface area (Å²) in [5.41, 5.74) is 16.3. The van der Waals surface area contributed by atoms with E-state index in [1.54, 1.807) is 25.3 Å². The van der Waals surface area contributed by atoms with Gasteiger partial charge in [-0.15, -0.1) is 0 Å². The van der Waals surface area contributed by atoms with E-state index in [2.05, 4.69) is 113 Å². The first-order valence-corrected chi connectivity index (χ1v) is 21.1. The molecule has 2 nitrogen and oxygen atoms in total. The fourth-order valence-corrected chi connectivity index (χ4v) is 23.6. The van der Waals surface area contributed by atoms with E-state index in [0.29, 0.717) is 7.25 Å². The number of hydrogen-bond donors (Lipinski definition) is 0. The summed E-state index contributed by atoms with van der Waals surface area (Å²) < 4.78 is 15.5. The summed E-state index contributed by atoms with van der Waals surface area (Å²) in [6, 6.07) is 27.8. The predicted octanol–water partition coefficient (Wildman–Crippen LogP) is 3.62. The van der Waals surface area contributed by atoms with Crippen molar-refractivity contribution in [3.05, 3.63) is 141 Å². The van der Waals surface area contributed by atoms with Crippen LogP contribution >= 0.6 is 0 Å². The summed E-state index contributed by atoms with van der Waals surface area (Å²) in [6.45, 7) is 8.67. The molecule has 1 fully saturated rings. The Morgan fingerprint density at radius 1 is 0.558 bits per heavy atom. The third kappa shape index (κ3) is 5.06. The Morgan fingerprint density at radius 2 is 0.907 bits per heavy atom. The third-order valence-corrected chi connectivity index (χ3v) is 22.4. The van der Waals surface area contributed by atoms with E-state index in [1.807, 2.05) is 0 Å². The first-order valence-electron chi connectivity index (χ1n) is 14.8. The Morgan fingerprint density at radius 3 is 1.23 bits per heavy atom. The van der Waals surface area contributed by atoms with E-state index in [4.69, 9.17) is 9.47 Å². The van der Waals surface area contributed by atoms with Gasteiger partial charge in [0.25, 0.3) is 0 Å². The zero-order valence-corrected chi connectivity index (χ0v) is 29.7. The minimum atomic E-state index is -2.71. The minimum Gasteiger partial charge on any atom is -1.00 e. The maximum atomic E-state index is 5.70. The monoisotopic (exact) mass is 686 g/mol. The van der Waals surface area contributed by atoms with Crippen LogP contribution in [0.4, 0.5) is 0 Å². The SMILES string of the molecule is COc1c(C)cc(C2=C[CH]([Zr+2]3([CH]4C=C(c5cc(C)c(OC)c(C)c5)c5ccccc54)[CH2][CH2]3)c3ccccc32)cc1C.[Cl-].[Cl-]. The number of benzene rings is 4. The van der Waals surface area contributed by atoms with Crippen molar-refractivity contribution in [1.29, 1.82) is 0 Å². The summed E-state index contributed by atoms with van der Waals surface area (Å²) in [7, 11) is 3.55. The molecule has 0 aromatic heterocycles. The van der Waals surface area contributed by atoms with Crippen molar-refractivity contribution >= 4 is 11.1 Å². The molecule has 1 heterocycles. The van der Waals surface area contributed by atoms with E-state index < -0.39 is 20.3 Å². The van der Waals surface area contributed by atoms with Gasteiger partial charge >= 0.3 is 250 Å². The molecule has 0 N–H and O–H groups in total. The van der Waals surface area contributed by atoms with Gasteiger partial charge in [-0.2, -0.15) is 0 Å². The molecule has 2 unspecified atom stereocenters. The number of aryl methyl sites for hydroxylation is 4. The van der Waals surface area contributed by atoms with Crippen LogP contribution < -0.4 is 34.3 Å². The molecular weight excluding hydrogens is 651 g/mol. The van der Waals surface area contributed by atoms with Crippen molar-refractivity contribution in [3.8, 4) is 11.5 Å². The summed E-state index contributed by atoms with van der Waals surface area (Å²) >= 11 is -2.71. The van der Waals surface area contributed by atoms with Gasteiger partial charge in [0, 0.05) is 0 Å². The molecule has 2 aliphatic carbocycles. The van der Waals surface area contributed by atoms with E-state index in [1.165, 1.54) is 63.9 Å². The Labute approximate surface area is 273 Å². The van der Waals surface area contributed by atoms with Gasteiger partial charge in [0.1, 0.15) is 0 Å². The quantitative estimate of drug-likeness (QED) is 0.309. The fraction of sp³-hybridized carbons (Fsp3) is 0.263. The van der Waals surface area contributed by atoms with Crippen LogP contribution in [-0.4, -0.2) is 14.2 Å².